The van der Waals surface area contributed by atoms with Crippen LogP contribution in [0.2, 0.25) is 0 Å². The van der Waals surface area contributed by atoms with Gasteiger partial charge in [0.05, 0.1) is 59.8 Å². The molecule has 5 atom stereocenters. The van der Waals surface area contributed by atoms with E-state index in [2.05, 4.69) is 32.8 Å². The molecular weight excluding hydrogens is 749 g/mol. The molecule has 300 valence electrons. The largest absolute Gasteiger partial charge is 0.494 e. The highest BCUT2D eigenvalue weighted by molar-refractivity contribution is 7.14. The van der Waals surface area contributed by atoms with Crippen LogP contribution < -0.4 is 20.3 Å². The standard InChI is InChI=1S/C42H54N6O6S2/c1-26-23-53-20-18-47(26)41-45-34(24-55-41)30-14-16-33(17-15-30)54-19-8-7-9-36(50)46-38(42(4,5)6)40(52)48-22-32(49)21-35(48)39(51)44-27(2)29-10-12-31(13-11-29)37-28(3)43-25-56-37/h10-17,24-27,32,35,38,49H,7-9,18-23H2,1-6H3,(H,44,51)(H,46,50)/t26?,27-,32+,35-,38+/m0/s1. The summed E-state index contributed by atoms with van der Waals surface area (Å²) < 4.78 is 11.5. The molecule has 14 heteroatoms. The van der Waals surface area contributed by atoms with Crippen LogP contribution >= 0.6 is 22.7 Å². The number of nitrogens with zero attached hydrogens (tertiary/aromatic N) is 4. The molecule has 1 unspecified atom stereocenters. The molecule has 4 aromatic rings. The lowest BCUT2D eigenvalue weighted by molar-refractivity contribution is -0.144. The summed E-state index contributed by atoms with van der Waals surface area (Å²) in [6.07, 6.45) is 0.738. The highest BCUT2D eigenvalue weighted by Gasteiger charge is 2.44. The topological polar surface area (TPSA) is 146 Å². The van der Waals surface area contributed by atoms with Crippen molar-refractivity contribution in [1.82, 2.24) is 25.5 Å². The third-order valence-corrected chi connectivity index (χ3v) is 12.2. The first-order valence-corrected chi connectivity index (χ1v) is 21.2. The van der Waals surface area contributed by atoms with Gasteiger partial charge in [0.2, 0.25) is 17.7 Å². The highest BCUT2D eigenvalue weighted by atomic mass is 32.1. The number of aromatic nitrogens is 2. The van der Waals surface area contributed by atoms with E-state index in [1.54, 1.807) is 22.7 Å². The van der Waals surface area contributed by atoms with Crippen LogP contribution in [-0.2, 0) is 19.1 Å². The lowest BCUT2D eigenvalue weighted by Gasteiger charge is -2.35. The number of morpholine rings is 1. The minimum Gasteiger partial charge on any atom is -0.494 e. The van der Waals surface area contributed by atoms with Gasteiger partial charge in [0.25, 0.3) is 0 Å². The van der Waals surface area contributed by atoms with E-state index in [4.69, 9.17) is 14.5 Å². The fraction of sp³-hybridized carbons (Fsp3) is 0.500. The summed E-state index contributed by atoms with van der Waals surface area (Å²) in [7, 11) is 0. The summed E-state index contributed by atoms with van der Waals surface area (Å²) in [4.78, 5) is 54.8. The molecule has 56 heavy (non-hydrogen) atoms. The Hall–Kier alpha value is -4.37. The molecule has 2 saturated heterocycles. The number of carbonyl (C=O) groups excluding carboxylic acids is 3. The number of anilines is 1. The number of benzene rings is 2. The zero-order chi connectivity index (χ0) is 40.0. The number of ether oxygens (including phenoxy) is 2. The molecule has 2 fully saturated rings. The third kappa shape index (κ3) is 10.1. The van der Waals surface area contributed by atoms with E-state index in [-0.39, 0.29) is 43.1 Å². The van der Waals surface area contributed by atoms with Gasteiger partial charge in [-0.25, -0.2) is 9.97 Å². The number of unbranched alkanes of at least 4 members (excludes halogenated alkanes) is 1. The summed E-state index contributed by atoms with van der Waals surface area (Å²) in [6, 6.07) is 14.1. The number of thiazole rings is 2. The Kier molecular flexibility index (Phi) is 13.5. The number of hydrogen-bond acceptors (Lipinski definition) is 11. The van der Waals surface area contributed by atoms with Gasteiger partial charge in [-0.2, -0.15) is 0 Å². The Morgan fingerprint density at radius 2 is 1.77 bits per heavy atom. The molecule has 0 aliphatic carbocycles. The zero-order valence-electron chi connectivity index (χ0n) is 33.1. The van der Waals surface area contributed by atoms with Gasteiger partial charge >= 0.3 is 0 Å². The second-order valence-corrected chi connectivity index (χ2v) is 17.5. The lowest BCUT2D eigenvalue weighted by atomic mass is 9.85. The molecule has 0 bridgehead atoms. The Bertz CT molecular complexity index is 1940. The van der Waals surface area contributed by atoms with Gasteiger partial charge in [-0.05, 0) is 74.4 Å². The smallest absolute Gasteiger partial charge is 0.246 e. The van der Waals surface area contributed by atoms with Crippen molar-refractivity contribution < 1.29 is 29.0 Å². The molecule has 3 amide bonds. The number of likely N-dealkylation sites (tertiary alicyclic amines) is 1. The van der Waals surface area contributed by atoms with Crippen molar-refractivity contribution in [1.29, 1.82) is 0 Å². The van der Waals surface area contributed by atoms with Gasteiger partial charge in [0.15, 0.2) is 5.13 Å². The van der Waals surface area contributed by atoms with Crippen LogP contribution in [0.1, 0.15) is 77.6 Å². The molecule has 2 aliphatic heterocycles. The Morgan fingerprint density at radius 3 is 2.45 bits per heavy atom. The van der Waals surface area contributed by atoms with Crippen molar-refractivity contribution >= 4 is 45.5 Å². The summed E-state index contributed by atoms with van der Waals surface area (Å²) in [6.45, 7) is 14.4. The molecular formula is C42H54N6O6S2. The summed E-state index contributed by atoms with van der Waals surface area (Å²) in [5.41, 5.74) is 6.10. The molecule has 0 saturated carbocycles. The fourth-order valence-electron chi connectivity index (χ4n) is 7.09. The van der Waals surface area contributed by atoms with Crippen molar-refractivity contribution in [2.45, 2.75) is 97.5 Å². The van der Waals surface area contributed by atoms with Gasteiger partial charge in [-0.3, -0.25) is 14.4 Å². The fourth-order valence-corrected chi connectivity index (χ4v) is 8.86. The number of aryl methyl sites for hydroxylation is 1. The zero-order valence-corrected chi connectivity index (χ0v) is 34.8. The second kappa shape index (κ2) is 18.3. The molecule has 0 radical (unpaired) electrons. The molecule has 2 aromatic heterocycles. The molecule has 4 heterocycles. The number of hydrogen-bond donors (Lipinski definition) is 3. The number of carbonyl (C=O) groups is 3. The van der Waals surface area contributed by atoms with Crippen molar-refractivity contribution in [2.75, 3.05) is 37.8 Å². The van der Waals surface area contributed by atoms with E-state index in [0.717, 1.165) is 50.4 Å². The number of aliphatic hydroxyl groups excluding tert-OH is 1. The molecule has 6 rings (SSSR count). The maximum atomic E-state index is 14.0. The average molecular weight is 803 g/mol. The number of rotatable bonds is 14. The first-order valence-electron chi connectivity index (χ1n) is 19.4. The molecule has 12 nitrogen and oxygen atoms in total. The van der Waals surface area contributed by atoms with Crippen LogP contribution in [0, 0.1) is 12.3 Å². The number of nitrogens with one attached hydrogen (secondary N) is 2. The maximum Gasteiger partial charge on any atom is 0.246 e. The third-order valence-electron chi connectivity index (χ3n) is 10.4. The van der Waals surface area contributed by atoms with E-state index in [1.165, 1.54) is 4.90 Å². The predicted octanol–water partition coefficient (Wildman–Crippen LogP) is 6.39. The van der Waals surface area contributed by atoms with Gasteiger partial charge in [0, 0.05) is 36.9 Å². The highest BCUT2D eigenvalue weighted by Crippen LogP contribution is 2.32. The summed E-state index contributed by atoms with van der Waals surface area (Å²) in [5, 5.41) is 19.7. The van der Waals surface area contributed by atoms with Gasteiger partial charge < -0.3 is 35.0 Å². The number of aliphatic hydroxyl groups is 1. The molecule has 3 N–H and O–H groups in total. The van der Waals surface area contributed by atoms with Crippen molar-refractivity contribution in [3.8, 4) is 27.4 Å². The van der Waals surface area contributed by atoms with Crippen LogP contribution in [0.25, 0.3) is 21.7 Å². The Labute approximate surface area is 337 Å². The quantitative estimate of drug-likeness (QED) is 0.124. The van der Waals surface area contributed by atoms with Gasteiger partial charge in [-0.15, -0.1) is 22.7 Å². The second-order valence-electron chi connectivity index (χ2n) is 15.8. The monoisotopic (exact) mass is 802 g/mol. The lowest BCUT2D eigenvalue weighted by Crippen LogP contribution is -2.57. The molecule has 0 spiro atoms. The van der Waals surface area contributed by atoms with E-state index in [9.17, 15) is 19.5 Å². The van der Waals surface area contributed by atoms with Crippen LogP contribution in [0.5, 0.6) is 5.75 Å². The van der Waals surface area contributed by atoms with Gasteiger partial charge in [-0.1, -0.05) is 45.0 Å². The van der Waals surface area contributed by atoms with Crippen molar-refractivity contribution in [3.05, 3.63) is 70.7 Å². The number of amides is 3. The van der Waals surface area contributed by atoms with Crippen molar-refractivity contribution in [3.63, 3.8) is 0 Å². The van der Waals surface area contributed by atoms with Crippen LogP contribution in [0.3, 0.4) is 0 Å². The van der Waals surface area contributed by atoms with E-state index < -0.39 is 23.6 Å². The Morgan fingerprint density at radius 1 is 1.04 bits per heavy atom. The normalized spacial score (nSPS) is 19.7. The van der Waals surface area contributed by atoms with E-state index in [1.807, 2.05) is 88.7 Å². The van der Waals surface area contributed by atoms with Crippen LogP contribution in [-0.4, -0.2) is 94.8 Å². The summed E-state index contributed by atoms with van der Waals surface area (Å²) >= 11 is 3.23. The number of β-amino-alcohol motifs (C(OH)–C–C–N with tert-alkyl or cyclic N) is 1. The average Bonchev–Trinajstić information content (AvgIpc) is 3.94. The minimum absolute atomic E-state index is 0.0213. The summed E-state index contributed by atoms with van der Waals surface area (Å²) in [5.74, 6) is -0.220. The minimum atomic E-state index is -0.878. The maximum absolute atomic E-state index is 14.0. The van der Waals surface area contributed by atoms with Crippen molar-refractivity contribution in [2.24, 2.45) is 5.41 Å². The first kappa shape index (κ1) is 41.3. The van der Waals surface area contributed by atoms with E-state index in [0.29, 0.717) is 38.7 Å². The first-order chi connectivity index (χ1) is 26.8. The predicted molar refractivity (Wildman–Crippen MR) is 221 cm³/mol. The molecule has 2 aliphatic rings. The molecule has 2 aromatic carbocycles. The van der Waals surface area contributed by atoms with Crippen LogP contribution in [0.15, 0.2) is 59.4 Å². The van der Waals surface area contributed by atoms with Gasteiger partial charge in [0.1, 0.15) is 17.8 Å². The Balaban J connectivity index is 0.964. The van der Waals surface area contributed by atoms with E-state index >= 15 is 0 Å². The SMILES string of the molecule is Cc1ncsc1-c1ccc([C@H](C)NC(=O)[C@@H]2C[C@@H](O)CN2C(=O)[C@@H](NC(=O)CCCCOc2ccc(-c3csc(N4CCOCC4C)n3)cc2)C(C)(C)C)cc1. The van der Waals surface area contributed by atoms with Crippen LogP contribution in [0.4, 0.5) is 5.13 Å².